The molecule has 1 aliphatic rings. The first-order chi connectivity index (χ1) is 6.77. The zero-order chi connectivity index (χ0) is 9.97. The molecule has 1 aromatic rings. The van der Waals surface area contributed by atoms with E-state index in [2.05, 4.69) is 6.07 Å². The number of nitrogens with zero attached hydrogens (tertiary/aromatic N) is 1. The monoisotopic (exact) mass is 202 g/mol. The normalized spacial score (nSPS) is 13.6. The summed E-state index contributed by atoms with van der Waals surface area (Å²) in [5.74, 6) is 0. The molecule has 2 rings (SSSR count). The van der Waals surface area contributed by atoms with Gasteiger partial charge in [0.25, 0.3) is 0 Å². The van der Waals surface area contributed by atoms with Crippen LogP contribution in [0.3, 0.4) is 0 Å². The predicted molar refractivity (Wildman–Crippen MR) is 62.4 cm³/mol. The van der Waals surface area contributed by atoms with Gasteiger partial charge in [0.1, 0.15) is 0 Å². The molecule has 0 fully saturated rings. The van der Waals surface area contributed by atoms with Crippen LogP contribution >= 0.6 is 12.2 Å². The summed E-state index contributed by atoms with van der Waals surface area (Å²) in [4.78, 5) is 1.73. The summed E-state index contributed by atoms with van der Waals surface area (Å²) in [5, 5.41) is 2.64. The lowest BCUT2D eigenvalue weighted by Crippen LogP contribution is -2.31. The van der Waals surface area contributed by atoms with Crippen molar-refractivity contribution in [1.82, 2.24) is 4.90 Å². The second-order valence-corrected chi connectivity index (χ2v) is 3.43. The van der Waals surface area contributed by atoms with E-state index in [1.807, 2.05) is 42.8 Å². The molecule has 0 aromatic heterocycles. The highest BCUT2D eigenvalue weighted by atomic mass is 32.1. The molecule has 0 saturated heterocycles. The standard InChI is InChI=1S/C11H10N2S/c12-11(14)13-7-3-6-9-4-1-2-5-10(9)8-13/h1-8H,(H2,12,14). The zero-order valence-electron chi connectivity index (χ0n) is 7.55. The van der Waals surface area contributed by atoms with Crippen LogP contribution in [0.2, 0.25) is 0 Å². The number of hydrogen-bond acceptors (Lipinski definition) is 1. The SMILES string of the molecule is NC(=S)N1C=CC=c2ccccc2=C1. The summed E-state index contributed by atoms with van der Waals surface area (Å²) in [7, 11) is 0. The molecule has 2 N–H and O–H groups in total. The fourth-order valence-corrected chi connectivity index (χ4v) is 1.46. The average Bonchev–Trinajstić information content (AvgIpc) is 2.39. The number of thiocarbonyl (C=S) groups is 1. The van der Waals surface area contributed by atoms with Crippen molar-refractivity contribution in [3.05, 3.63) is 47.0 Å². The Hall–Kier alpha value is -1.61. The summed E-state index contributed by atoms with van der Waals surface area (Å²) in [6.07, 6.45) is 7.74. The topological polar surface area (TPSA) is 29.3 Å². The zero-order valence-corrected chi connectivity index (χ0v) is 8.37. The molecule has 0 unspecified atom stereocenters. The van der Waals surface area contributed by atoms with Crippen LogP contribution in [0.1, 0.15) is 0 Å². The molecule has 1 aliphatic heterocycles. The van der Waals surface area contributed by atoms with Crippen molar-refractivity contribution >= 4 is 29.6 Å². The summed E-state index contributed by atoms with van der Waals surface area (Å²) in [6.45, 7) is 0. The molecule has 0 atom stereocenters. The summed E-state index contributed by atoms with van der Waals surface area (Å²) < 4.78 is 0. The van der Waals surface area contributed by atoms with Crippen LogP contribution in [0.5, 0.6) is 0 Å². The number of allylic oxidation sites excluding steroid dienone is 1. The summed E-state index contributed by atoms with van der Waals surface area (Å²) >= 11 is 4.91. The molecule has 0 saturated carbocycles. The Morgan fingerprint density at radius 3 is 2.64 bits per heavy atom. The van der Waals surface area contributed by atoms with Crippen molar-refractivity contribution < 1.29 is 0 Å². The lowest BCUT2D eigenvalue weighted by atomic mass is 10.2. The van der Waals surface area contributed by atoms with Crippen molar-refractivity contribution in [3.63, 3.8) is 0 Å². The van der Waals surface area contributed by atoms with Crippen LogP contribution in [0.15, 0.2) is 36.5 Å². The largest absolute Gasteiger partial charge is 0.376 e. The van der Waals surface area contributed by atoms with E-state index < -0.39 is 0 Å². The molecule has 70 valence electrons. The van der Waals surface area contributed by atoms with Crippen LogP contribution in [-0.2, 0) is 0 Å². The number of fused-ring (bicyclic) bond motifs is 1. The maximum absolute atomic E-state index is 5.55. The van der Waals surface area contributed by atoms with Crippen LogP contribution in [-0.4, -0.2) is 10.0 Å². The lowest BCUT2D eigenvalue weighted by molar-refractivity contribution is 0.829. The Morgan fingerprint density at radius 2 is 1.93 bits per heavy atom. The molecule has 14 heavy (non-hydrogen) atoms. The van der Waals surface area contributed by atoms with Crippen molar-refractivity contribution in [2.45, 2.75) is 0 Å². The van der Waals surface area contributed by atoms with Crippen LogP contribution in [0, 0.1) is 0 Å². The quantitative estimate of drug-likeness (QED) is 0.613. The highest BCUT2D eigenvalue weighted by Gasteiger charge is 1.98. The van der Waals surface area contributed by atoms with E-state index in [0.29, 0.717) is 5.11 Å². The number of benzene rings is 1. The highest BCUT2D eigenvalue weighted by Crippen LogP contribution is 1.93. The Balaban J connectivity index is 2.63. The molecule has 1 heterocycles. The highest BCUT2D eigenvalue weighted by molar-refractivity contribution is 7.80. The third-order valence-corrected chi connectivity index (χ3v) is 2.26. The Kier molecular flexibility index (Phi) is 2.33. The third-order valence-electron chi connectivity index (χ3n) is 2.05. The molecule has 2 nitrogen and oxygen atoms in total. The first kappa shape index (κ1) is 8.97. The van der Waals surface area contributed by atoms with Gasteiger partial charge in [-0.3, -0.25) is 0 Å². The van der Waals surface area contributed by atoms with Crippen LogP contribution in [0.4, 0.5) is 0 Å². The number of nitrogens with two attached hydrogens (primary N) is 1. The minimum absolute atomic E-state index is 0.353. The van der Waals surface area contributed by atoms with Gasteiger partial charge in [-0.05, 0) is 28.7 Å². The van der Waals surface area contributed by atoms with Gasteiger partial charge in [0.15, 0.2) is 5.11 Å². The maximum atomic E-state index is 5.55. The summed E-state index contributed by atoms with van der Waals surface area (Å²) in [6, 6.07) is 8.09. The molecule has 3 heteroatoms. The molecule has 0 amide bonds. The van der Waals surface area contributed by atoms with Crippen molar-refractivity contribution in [2.24, 2.45) is 5.73 Å². The third kappa shape index (κ3) is 1.67. The van der Waals surface area contributed by atoms with Gasteiger partial charge in [-0.15, -0.1) is 0 Å². The maximum Gasteiger partial charge on any atom is 0.174 e. The van der Waals surface area contributed by atoms with Gasteiger partial charge in [0.2, 0.25) is 0 Å². The molecule has 0 radical (unpaired) electrons. The van der Waals surface area contributed by atoms with Gasteiger partial charge in [-0.25, -0.2) is 0 Å². The van der Waals surface area contributed by atoms with E-state index in [4.69, 9.17) is 18.0 Å². The fraction of sp³-hybridized carbons (Fsp3) is 0. The molecular weight excluding hydrogens is 192 g/mol. The van der Waals surface area contributed by atoms with E-state index in [1.54, 1.807) is 4.90 Å². The Morgan fingerprint density at radius 1 is 1.21 bits per heavy atom. The molecule has 0 aliphatic carbocycles. The van der Waals surface area contributed by atoms with Crippen molar-refractivity contribution in [3.8, 4) is 0 Å². The second kappa shape index (κ2) is 3.64. The second-order valence-electron chi connectivity index (χ2n) is 3.01. The van der Waals surface area contributed by atoms with Crippen molar-refractivity contribution in [1.29, 1.82) is 0 Å². The fourth-order valence-electron chi connectivity index (χ4n) is 1.35. The van der Waals surface area contributed by atoms with E-state index >= 15 is 0 Å². The molecular formula is C11H10N2S. The average molecular weight is 202 g/mol. The van der Waals surface area contributed by atoms with Crippen LogP contribution < -0.4 is 16.2 Å². The van der Waals surface area contributed by atoms with Gasteiger partial charge < -0.3 is 10.6 Å². The van der Waals surface area contributed by atoms with Gasteiger partial charge in [0, 0.05) is 12.4 Å². The smallest absolute Gasteiger partial charge is 0.174 e. The Bertz CT molecular complexity index is 502. The first-order valence-electron chi connectivity index (χ1n) is 4.30. The number of hydrogen-bond donors (Lipinski definition) is 1. The van der Waals surface area contributed by atoms with Gasteiger partial charge in [-0.2, -0.15) is 0 Å². The number of rotatable bonds is 0. The Labute approximate surface area is 87.6 Å². The molecule has 0 bridgehead atoms. The van der Waals surface area contributed by atoms with Gasteiger partial charge in [-0.1, -0.05) is 30.3 Å². The summed E-state index contributed by atoms with van der Waals surface area (Å²) in [5.41, 5.74) is 5.55. The van der Waals surface area contributed by atoms with Gasteiger partial charge >= 0.3 is 0 Å². The van der Waals surface area contributed by atoms with Crippen molar-refractivity contribution in [2.75, 3.05) is 0 Å². The van der Waals surface area contributed by atoms with E-state index in [0.717, 1.165) is 5.22 Å². The van der Waals surface area contributed by atoms with Gasteiger partial charge in [0.05, 0.1) is 0 Å². The van der Waals surface area contributed by atoms with E-state index in [9.17, 15) is 0 Å². The minimum Gasteiger partial charge on any atom is -0.376 e. The first-order valence-corrected chi connectivity index (χ1v) is 4.71. The molecule has 0 spiro atoms. The predicted octanol–water partition coefficient (Wildman–Crippen LogP) is 0.278. The van der Waals surface area contributed by atoms with Crippen LogP contribution in [0.25, 0.3) is 12.3 Å². The lowest BCUT2D eigenvalue weighted by Gasteiger charge is -2.10. The van der Waals surface area contributed by atoms with E-state index in [1.165, 1.54) is 5.22 Å². The molecule has 1 aromatic carbocycles. The minimum atomic E-state index is 0.353. The van der Waals surface area contributed by atoms with E-state index in [-0.39, 0.29) is 0 Å².